The first kappa shape index (κ1) is 16.3. The Labute approximate surface area is 139 Å². The van der Waals surface area contributed by atoms with E-state index in [9.17, 15) is 0 Å². The Morgan fingerprint density at radius 2 is 1.95 bits per heavy atom. The smallest absolute Gasteiger partial charge is 0.133 e. The molecule has 4 heteroatoms. The van der Waals surface area contributed by atoms with Crippen LogP contribution in [0.2, 0.25) is 5.02 Å². The summed E-state index contributed by atoms with van der Waals surface area (Å²) in [4.78, 5) is 0. The molecular formula is C17H19BrClNO. The zero-order valence-electron chi connectivity index (χ0n) is 12.2. The molecule has 2 aromatic carbocycles. The van der Waals surface area contributed by atoms with E-state index in [1.54, 1.807) is 0 Å². The van der Waals surface area contributed by atoms with Gasteiger partial charge < -0.3 is 10.1 Å². The Hall–Kier alpha value is -1.03. The van der Waals surface area contributed by atoms with Gasteiger partial charge in [0.2, 0.25) is 0 Å². The molecule has 0 saturated heterocycles. The summed E-state index contributed by atoms with van der Waals surface area (Å²) >= 11 is 9.49. The molecule has 0 aliphatic heterocycles. The van der Waals surface area contributed by atoms with Crippen molar-refractivity contribution in [3.63, 3.8) is 0 Å². The number of halogens is 2. The second-order valence-corrected chi connectivity index (χ2v) is 6.29. The predicted octanol–water partition coefficient (Wildman–Crippen LogP) is 5.70. The van der Waals surface area contributed by atoms with E-state index in [2.05, 4.69) is 34.2 Å². The first-order valence-electron chi connectivity index (χ1n) is 7.03. The second kappa shape index (κ2) is 7.83. The van der Waals surface area contributed by atoms with Crippen LogP contribution in [0, 0.1) is 6.92 Å². The van der Waals surface area contributed by atoms with Gasteiger partial charge in [0.25, 0.3) is 0 Å². The number of ether oxygens (including phenoxy) is 1. The zero-order valence-corrected chi connectivity index (χ0v) is 14.6. The highest BCUT2D eigenvalue weighted by Gasteiger charge is 2.08. The van der Waals surface area contributed by atoms with Crippen LogP contribution in [0.25, 0.3) is 0 Å². The molecule has 112 valence electrons. The first-order chi connectivity index (χ1) is 10.1. The largest absolute Gasteiger partial charge is 0.457 e. The summed E-state index contributed by atoms with van der Waals surface area (Å²) in [7, 11) is 0. The van der Waals surface area contributed by atoms with E-state index in [0.717, 1.165) is 51.6 Å². The number of aryl methyl sites for hydroxylation is 1. The molecule has 0 radical (unpaired) electrons. The van der Waals surface area contributed by atoms with Gasteiger partial charge in [-0.3, -0.25) is 0 Å². The van der Waals surface area contributed by atoms with Gasteiger partial charge in [-0.25, -0.2) is 0 Å². The molecule has 0 aromatic heterocycles. The third kappa shape index (κ3) is 4.73. The average molecular weight is 369 g/mol. The summed E-state index contributed by atoms with van der Waals surface area (Å²) in [5.41, 5.74) is 2.16. The lowest BCUT2D eigenvalue weighted by Crippen LogP contribution is -2.14. The first-order valence-corrected chi connectivity index (χ1v) is 8.20. The van der Waals surface area contributed by atoms with Crippen LogP contribution in [-0.4, -0.2) is 6.54 Å². The van der Waals surface area contributed by atoms with E-state index in [1.807, 2.05) is 37.3 Å². The normalized spacial score (nSPS) is 10.7. The van der Waals surface area contributed by atoms with Gasteiger partial charge >= 0.3 is 0 Å². The molecule has 0 amide bonds. The minimum Gasteiger partial charge on any atom is -0.457 e. The highest BCUT2D eigenvalue weighted by atomic mass is 79.9. The second-order valence-electron chi connectivity index (χ2n) is 4.94. The van der Waals surface area contributed by atoms with E-state index in [1.165, 1.54) is 0 Å². The van der Waals surface area contributed by atoms with Crippen molar-refractivity contribution < 1.29 is 4.74 Å². The molecule has 0 spiro atoms. The third-order valence-electron chi connectivity index (χ3n) is 3.13. The van der Waals surface area contributed by atoms with Crippen molar-refractivity contribution in [1.82, 2.24) is 5.32 Å². The molecule has 0 fully saturated rings. The number of hydrogen-bond acceptors (Lipinski definition) is 2. The van der Waals surface area contributed by atoms with Crippen molar-refractivity contribution in [3.05, 3.63) is 57.0 Å². The Bertz CT molecular complexity index is 616. The maximum Gasteiger partial charge on any atom is 0.133 e. The Morgan fingerprint density at radius 3 is 2.67 bits per heavy atom. The van der Waals surface area contributed by atoms with Gasteiger partial charge in [-0.1, -0.05) is 40.5 Å². The van der Waals surface area contributed by atoms with Crippen LogP contribution in [-0.2, 0) is 6.54 Å². The fourth-order valence-corrected chi connectivity index (χ4v) is 2.58. The number of nitrogens with one attached hydrogen (secondary N) is 1. The number of benzene rings is 2. The summed E-state index contributed by atoms with van der Waals surface area (Å²) in [6.07, 6.45) is 1.11. The van der Waals surface area contributed by atoms with Crippen LogP contribution in [0.3, 0.4) is 0 Å². The molecular weight excluding hydrogens is 350 g/mol. The van der Waals surface area contributed by atoms with Crippen molar-refractivity contribution in [1.29, 1.82) is 0 Å². The lowest BCUT2D eigenvalue weighted by Gasteiger charge is -2.14. The van der Waals surface area contributed by atoms with Gasteiger partial charge in [0.15, 0.2) is 0 Å². The van der Waals surface area contributed by atoms with Crippen LogP contribution in [0.5, 0.6) is 11.5 Å². The Balaban J connectivity index is 2.22. The van der Waals surface area contributed by atoms with Gasteiger partial charge in [-0.15, -0.1) is 0 Å². The lowest BCUT2D eigenvalue weighted by atomic mass is 10.2. The Morgan fingerprint density at radius 1 is 1.14 bits per heavy atom. The van der Waals surface area contributed by atoms with Crippen LogP contribution in [0.1, 0.15) is 24.5 Å². The predicted molar refractivity (Wildman–Crippen MR) is 92.4 cm³/mol. The van der Waals surface area contributed by atoms with Gasteiger partial charge in [0, 0.05) is 21.6 Å². The third-order valence-corrected chi connectivity index (χ3v) is 3.86. The average Bonchev–Trinajstić information content (AvgIpc) is 2.44. The zero-order chi connectivity index (χ0) is 15.2. The fourth-order valence-electron chi connectivity index (χ4n) is 2.02. The monoisotopic (exact) mass is 367 g/mol. The quantitative estimate of drug-likeness (QED) is 0.660. The summed E-state index contributed by atoms with van der Waals surface area (Å²) in [5.74, 6) is 1.69. The van der Waals surface area contributed by atoms with E-state index in [-0.39, 0.29) is 0 Å². The van der Waals surface area contributed by atoms with Gasteiger partial charge in [-0.05, 0) is 55.8 Å². The number of hydrogen-bond donors (Lipinski definition) is 1. The maximum atomic E-state index is 6.08. The molecule has 21 heavy (non-hydrogen) atoms. The molecule has 2 nitrogen and oxygen atoms in total. The van der Waals surface area contributed by atoms with Gasteiger partial charge in [-0.2, -0.15) is 0 Å². The molecule has 0 saturated carbocycles. The van der Waals surface area contributed by atoms with E-state index in [0.29, 0.717) is 0 Å². The molecule has 2 aromatic rings. The standard InChI is InChI=1S/C17H19BrClNO/c1-3-8-20-11-13-4-5-14(18)10-17(13)21-16-7-6-15(19)9-12(16)2/h4-7,9-10,20H,3,8,11H2,1-2H3. The van der Waals surface area contributed by atoms with Crippen molar-refractivity contribution in [3.8, 4) is 11.5 Å². The molecule has 0 bridgehead atoms. The lowest BCUT2D eigenvalue weighted by molar-refractivity contribution is 0.469. The molecule has 2 rings (SSSR count). The van der Waals surface area contributed by atoms with Crippen molar-refractivity contribution >= 4 is 27.5 Å². The van der Waals surface area contributed by atoms with Crippen LogP contribution in [0.15, 0.2) is 40.9 Å². The minimum absolute atomic E-state index is 0.721. The van der Waals surface area contributed by atoms with Crippen LogP contribution < -0.4 is 10.1 Å². The van der Waals surface area contributed by atoms with Crippen molar-refractivity contribution in [2.24, 2.45) is 0 Å². The number of rotatable bonds is 6. The summed E-state index contributed by atoms with van der Waals surface area (Å²) in [6.45, 7) is 5.94. The highest BCUT2D eigenvalue weighted by Crippen LogP contribution is 2.31. The van der Waals surface area contributed by atoms with E-state index < -0.39 is 0 Å². The molecule has 0 aliphatic carbocycles. The summed E-state index contributed by atoms with van der Waals surface area (Å²) in [5, 5.41) is 4.13. The van der Waals surface area contributed by atoms with E-state index in [4.69, 9.17) is 16.3 Å². The molecule has 0 atom stereocenters. The molecule has 1 N–H and O–H groups in total. The SMILES string of the molecule is CCCNCc1ccc(Br)cc1Oc1ccc(Cl)cc1C. The highest BCUT2D eigenvalue weighted by molar-refractivity contribution is 9.10. The molecule has 0 unspecified atom stereocenters. The van der Waals surface area contributed by atoms with Crippen LogP contribution in [0.4, 0.5) is 0 Å². The Kier molecular flexibility index (Phi) is 6.09. The fraction of sp³-hybridized carbons (Fsp3) is 0.294. The van der Waals surface area contributed by atoms with Gasteiger partial charge in [0.1, 0.15) is 11.5 Å². The summed E-state index contributed by atoms with van der Waals surface area (Å²) < 4.78 is 7.08. The molecule has 0 aliphatic rings. The minimum atomic E-state index is 0.721. The van der Waals surface area contributed by atoms with Gasteiger partial charge in [0.05, 0.1) is 0 Å². The van der Waals surface area contributed by atoms with Crippen LogP contribution >= 0.6 is 27.5 Å². The van der Waals surface area contributed by atoms with Crippen molar-refractivity contribution in [2.75, 3.05) is 6.54 Å². The molecule has 0 heterocycles. The summed E-state index contributed by atoms with van der Waals surface area (Å²) in [6, 6.07) is 11.8. The van der Waals surface area contributed by atoms with E-state index >= 15 is 0 Å². The topological polar surface area (TPSA) is 21.3 Å². The van der Waals surface area contributed by atoms with Crippen molar-refractivity contribution in [2.45, 2.75) is 26.8 Å². The maximum absolute atomic E-state index is 6.08.